The highest BCUT2D eigenvalue weighted by atomic mass is 16.2. The number of aromatic amines is 1. The third kappa shape index (κ3) is 2.89. The molecule has 0 saturated carbocycles. The number of benzene rings is 2. The smallest absolute Gasteiger partial charge is 0.270 e. The van der Waals surface area contributed by atoms with Crippen LogP contribution in [0.3, 0.4) is 0 Å². The van der Waals surface area contributed by atoms with Crippen molar-refractivity contribution in [3.63, 3.8) is 0 Å². The minimum absolute atomic E-state index is 0.0419. The van der Waals surface area contributed by atoms with E-state index in [0.29, 0.717) is 18.8 Å². The van der Waals surface area contributed by atoms with Crippen LogP contribution in [0, 0.1) is 6.92 Å². The van der Waals surface area contributed by atoms with Gasteiger partial charge in [0.25, 0.3) is 5.91 Å². The van der Waals surface area contributed by atoms with Crippen LogP contribution >= 0.6 is 0 Å². The molecule has 3 nitrogen and oxygen atoms in total. The number of rotatable bonds is 4. The molecule has 0 unspecified atom stereocenters. The Morgan fingerprint density at radius 1 is 1.09 bits per heavy atom. The summed E-state index contributed by atoms with van der Waals surface area (Å²) in [5.41, 5.74) is 4.00. The Bertz CT molecular complexity index is 790. The van der Waals surface area contributed by atoms with Crippen molar-refractivity contribution in [2.75, 3.05) is 6.54 Å². The van der Waals surface area contributed by atoms with Gasteiger partial charge in [0.15, 0.2) is 0 Å². The number of fused-ring (bicyclic) bond motifs is 1. The zero-order chi connectivity index (χ0) is 15.5. The van der Waals surface area contributed by atoms with E-state index >= 15 is 0 Å². The van der Waals surface area contributed by atoms with Gasteiger partial charge in [-0.05, 0) is 37.6 Å². The quantitative estimate of drug-likeness (QED) is 0.771. The number of carbonyl (C=O) groups is 1. The third-order valence-corrected chi connectivity index (χ3v) is 3.89. The van der Waals surface area contributed by atoms with E-state index in [0.717, 1.165) is 16.5 Å². The molecule has 0 saturated heterocycles. The number of nitrogens with one attached hydrogen (secondary N) is 1. The van der Waals surface area contributed by atoms with Gasteiger partial charge >= 0.3 is 0 Å². The van der Waals surface area contributed by atoms with Gasteiger partial charge in [-0.2, -0.15) is 0 Å². The van der Waals surface area contributed by atoms with Crippen molar-refractivity contribution in [1.29, 1.82) is 0 Å². The molecule has 1 N–H and O–H groups in total. The first-order valence-electron chi connectivity index (χ1n) is 7.60. The van der Waals surface area contributed by atoms with Gasteiger partial charge in [0.1, 0.15) is 5.69 Å². The molecular weight excluding hydrogens is 272 g/mol. The topological polar surface area (TPSA) is 36.1 Å². The molecule has 1 amide bonds. The molecule has 112 valence electrons. The lowest BCUT2D eigenvalue weighted by atomic mass is 10.2. The van der Waals surface area contributed by atoms with Gasteiger partial charge in [0, 0.05) is 24.0 Å². The van der Waals surface area contributed by atoms with Crippen LogP contribution in [-0.4, -0.2) is 22.3 Å². The van der Waals surface area contributed by atoms with E-state index in [9.17, 15) is 4.79 Å². The Morgan fingerprint density at radius 3 is 2.59 bits per heavy atom. The normalized spacial score (nSPS) is 10.8. The molecule has 0 aliphatic rings. The van der Waals surface area contributed by atoms with Crippen LogP contribution in [0.5, 0.6) is 0 Å². The molecule has 2 aromatic carbocycles. The van der Waals surface area contributed by atoms with Crippen molar-refractivity contribution in [2.45, 2.75) is 20.4 Å². The van der Waals surface area contributed by atoms with Gasteiger partial charge in [-0.15, -0.1) is 0 Å². The minimum Gasteiger partial charge on any atom is -0.351 e. The van der Waals surface area contributed by atoms with Crippen LogP contribution in [0.25, 0.3) is 10.9 Å². The predicted molar refractivity (Wildman–Crippen MR) is 89.9 cm³/mol. The number of aryl methyl sites for hydroxylation is 1. The summed E-state index contributed by atoms with van der Waals surface area (Å²) >= 11 is 0. The summed E-state index contributed by atoms with van der Waals surface area (Å²) < 4.78 is 0. The average molecular weight is 292 g/mol. The molecule has 3 aromatic rings. The number of amides is 1. The molecule has 22 heavy (non-hydrogen) atoms. The number of aromatic nitrogens is 1. The number of carbonyl (C=O) groups excluding carboxylic acids is 1. The van der Waals surface area contributed by atoms with Crippen LogP contribution in [0.4, 0.5) is 0 Å². The van der Waals surface area contributed by atoms with Crippen molar-refractivity contribution in [1.82, 2.24) is 9.88 Å². The minimum atomic E-state index is 0.0419. The highest BCUT2D eigenvalue weighted by Crippen LogP contribution is 2.18. The van der Waals surface area contributed by atoms with E-state index in [1.165, 1.54) is 5.56 Å². The average Bonchev–Trinajstić information content (AvgIpc) is 2.96. The zero-order valence-electron chi connectivity index (χ0n) is 13.0. The maximum Gasteiger partial charge on any atom is 0.270 e. The molecule has 3 heteroatoms. The molecule has 1 heterocycles. The maximum absolute atomic E-state index is 12.7. The molecule has 0 spiro atoms. The Balaban J connectivity index is 1.86. The van der Waals surface area contributed by atoms with Crippen molar-refractivity contribution in [3.8, 4) is 0 Å². The fraction of sp³-hybridized carbons (Fsp3) is 0.211. The van der Waals surface area contributed by atoms with Crippen LogP contribution in [-0.2, 0) is 6.54 Å². The number of hydrogen-bond acceptors (Lipinski definition) is 1. The highest BCUT2D eigenvalue weighted by Gasteiger charge is 2.16. The molecule has 0 bridgehead atoms. The molecule has 1 aromatic heterocycles. The summed E-state index contributed by atoms with van der Waals surface area (Å²) in [7, 11) is 0. The van der Waals surface area contributed by atoms with Gasteiger partial charge in [-0.1, -0.05) is 42.0 Å². The van der Waals surface area contributed by atoms with Gasteiger partial charge in [0.05, 0.1) is 0 Å². The van der Waals surface area contributed by atoms with E-state index < -0.39 is 0 Å². The third-order valence-electron chi connectivity index (χ3n) is 3.89. The zero-order valence-corrected chi connectivity index (χ0v) is 13.0. The van der Waals surface area contributed by atoms with E-state index in [1.54, 1.807) is 0 Å². The summed E-state index contributed by atoms with van der Waals surface area (Å²) in [6.45, 7) is 5.38. The van der Waals surface area contributed by atoms with Crippen molar-refractivity contribution >= 4 is 16.8 Å². The molecule has 3 rings (SSSR count). The standard InChI is InChI=1S/C19H20N2O/c1-3-21(13-15-7-5-4-6-8-15)19(22)18-12-16-11-14(2)9-10-17(16)20-18/h4-12,20H,3,13H2,1-2H3. The Kier molecular flexibility index (Phi) is 3.96. The fourth-order valence-corrected chi connectivity index (χ4v) is 2.67. The predicted octanol–water partition coefficient (Wildman–Crippen LogP) is 4.14. The monoisotopic (exact) mass is 292 g/mol. The van der Waals surface area contributed by atoms with Gasteiger partial charge in [-0.3, -0.25) is 4.79 Å². The first-order chi connectivity index (χ1) is 10.7. The Hall–Kier alpha value is -2.55. The van der Waals surface area contributed by atoms with E-state index in [4.69, 9.17) is 0 Å². The van der Waals surface area contributed by atoms with E-state index in [2.05, 4.69) is 24.0 Å². The first-order valence-corrected chi connectivity index (χ1v) is 7.60. The van der Waals surface area contributed by atoms with Crippen LogP contribution in [0.15, 0.2) is 54.6 Å². The van der Waals surface area contributed by atoms with Crippen LogP contribution in [0.1, 0.15) is 28.5 Å². The van der Waals surface area contributed by atoms with E-state index in [-0.39, 0.29) is 5.91 Å². The van der Waals surface area contributed by atoms with Gasteiger partial charge in [-0.25, -0.2) is 0 Å². The van der Waals surface area contributed by atoms with Crippen LogP contribution < -0.4 is 0 Å². The molecule has 0 atom stereocenters. The van der Waals surface area contributed by atoms with Crippen molar-refractivity contribution in [3.05, 3.63) is 71.4 Å². The second-order valence-corrected chi connectivity index (χ2v) is 5.58. The first kappa shape index (κ1) is 14.4. The Morgan fingerprint density at radius 2 is 1.86 bits per heavy atom. The Labute approximate surface area is 130 Å². The molecule has 0 aliphatic carbocycles. The second kappa shape index (κ2) is 6.06. The fourth-order valence-electron chi connectivity index (χ4n) is 2.67. The molecule has 0 fully saturated rings. The number of nitrogens with zero attached hydrogens (tertiary/aromatic N) is 1. The summed E-state index contributed by atoms with van der Waals surface area (Å²) in [4.78, 5) is 17.8. The summed E-state index contributed by atoms with van der Waals surface area (Å²) in [5.74, 6) is 0.0419. The lowest BCUT2D eigenvalue weighted by Crippen LogP contribution is -2.30. The van der Waals surface area contributed by atoms with Crippen molar-refractivity contribution < 1.29 is 4.79 Å². The molecule has 0 aliphatic heterocycles. The summed E-state index contributed by atoms with van der Waals surface area (Å²) in [6, 6.07) is 18.2. The summed E-state index contributed by atoms with van der Waals surface area (Å²) in [6.07, 6.45) is 0. The lowest BCUT2D eigenvalue weighted by Gasteiger charge is -2.20. The number of hydrogen-bond donors (Lipinski definition) is 1. The van der Waals surface area contributed by atoms with Crippen LogP contribution in [0.2, 0.25) is 0 Å². The maximum atomic E-state index is 12.7. The van der Waals surface area contributed by atoms with Gasteiger partial charge < -0.3 is 9.88 Å². The van der Waals surface area contributed by atoms with Crippen molar-refractivity contribution in [2.24, 2.45) is 0 Å². The largest absolute Gasteiger partial charge is 0.351 e. The summed E-state index contributed by atoms with van der Waals surface area (Å²) in [5, 5.41) is 1.08. The lowest BCUT2D eigenvalue weighted by molar-refractivity contribution is 0.0747. The highest BCUT2D eigenvalue weighted by molar-refractivity contribution is 5.98. The van der Waals surface area contributed by atoms with E-state index in [1.807, 2.05) is 54.3 Å². The molecular formula is C19H20N2O. The SMILES string of the molecule is CCN(Cc1ccccc1)C(=O)c1cc2cc(C)ccc2[nH]1. The second-order valence-electron chi connectivity index (χ2n) is 5.58. The molecule has 0 radical (unpaired) electrons. The number of H-pyrrole nitrogens is 1. The van der Waals surface area contributed by atoms with Gasteiger partial charge in [0.2, 0.25) is 0 Å².